The highest BCUT2D eigenvalue weighted by Crippen LogP contribution is 2.56. The molecule has 0 aromatic rings. The molecule has 1 aliphatic heterocycles. The van der Waals surface area contributed by atoms with E-state index in [4.69, 9.17) is 19.3 Å². The molecule has 2 N–H and O–H groups in total. The third kappa shape index (κ3) is 12.0. The number of hydrogen-bond acceptors (Lipinski definition) is 7. The van der Waals surface area contributed by atoms with E-state index in [1.807, 2.05) is 82.2 Å². The number of aliphatic carboxylic acids is 1. The number of esters is 1. The molecular formula is C39H70O8. The van der Waals surface area contributed by atoms with Crippen molar-refractivity contribution in [3.05, 3.63) is 34.9 Å². The molecule has 3 aliphatic rings. The van der Waals surface area contributed by atoms with Gasteiger partial charge < -0.3 is 29.2 Å². The fraction of sp³-hybridized carbons (Fsp3) is 0.769. The average Bonchev–Trinajstić information content (AvgIpc) is 3.16. The van der Waals surface area contributed by atoms with Crippen LogP contribution in [0.2, 0.25) is 0 Å². The molecule has 0 bridgehead atoms. The quantitative estimate of drug-likeness (QED) is 0.129. The Morgan fingerprint density at radius 2 is 1.36 bits per heavy atom. The number of rotatable bonds is 5. The molecule has 2 saturated carbocycles. The Balaban J connectivity index is 0. The largest absolute Gasteiger partial charge is 0.478 e. The van der Waals surface area contributed by atoms with Gasteiger partial charge in [0.15, 0.2) is 17.7 Å². The lowest BCUT2D eigenvalue weighted by Crippen LogP contribution is -2.61. The van der Waals surface area contributed by atoms with Gasteiger partial charge in [-0.15, -0.1) is 0 Å². The first-order chi connectivity index (χ1) is 21.9. The van der Waals surface area contributed by atoms with E-state index in [1.54, 1.807) is 32.9 Å². The average molecular weight is 667 g/mol. The molecule has 3 fully saturated rings. The molecule has 1 heterocycles. The second-order valence-electron chi connectivity index (χ2n) is 13.0. The summed E-state index contributed by atoms with van der Waals surface area (Å²) in [6.45, 7) is 33.4. The number of allylic oxidation sites excluding steroid dienone is 3. The van der Waals surface area contributed by atoms with E-state index in [0.29, 0.717) is 24.0 Å². The third-order valence-corrected chi connectivity index (χ3v) is 9.58. The lowest BCUT2D eigenvalue weighted by atomic mass is 9.56. The smallest absolute Gasteiger partial charge is 0.333 e. The summed E-state index contributed by atoms with van der Waals surface area (Å²) in [5.74, 6) is -2.11. The first-order valence-corrected chi connectivity index (χ1v) is 17.8. The minimum atomic E-state index is -1.70. The molecule has 9 unspecified atom stereocenters. The van der Waals surface area contributed by atoms with Crippen molar-refractivity contribution in [2.75, 3.05) is 6.61 Å². The number of carboxylic acids is 1. The highest BCUT2D eigenvalue weighted by molar-refractivity contribution is 5.87. The van der Waals surface area contributed by atoms with Gasteiger partial charge in [-0.2, -0.15) is 0 Å². The zero-order valence-corrected chi connectivity index (χ0v) is 32.8. The van der Waals surface area contributed by atoms with Crippen molar-refractivity contribution in [2.24, 2.45) is 41.4 Å². The Labute approximate surface area is 287 Å². The predicted octanol–water partition coefficient (Wildman–Crippen LogP) is 8.82. The Hall–Kier alpha value is -2.29. The molecule has 0 spiro atoms. The number of aldehydes is 1. The van der Waals surface area contributed by atoms with Crippen molar-refractivity contribution >= 4 is 18.2 Å². The maximum atomic E-state index is 12.7. The van der Waals surface area contributed by atoms with E-state index < -0.39 is 29.4 Å². The molecule has 3 rings (SSSR count). The zero-order valence-electron chi connectivity index (χ0n) is 32.8. The summed E-state index contributed by atoms with van der Waals surface area (Å²) < 4.78 is 18.4. The Morgan fingerprint density at radius 3 is 1.77 bits per heavy atom. The van der Waals surface area contributed by atoms with Crippen LogP contribution in [-0.4, -0.2) is 58.6 Å². The normalized spacial score (nSPS) is 34.0. The number of carbonyl (C=O) groups excluding carboxylic acids is 2. The van der Waals surface area contributed by atoms with Crippen LogP contribution in [0.5, 0.6) is 0 Å². The van der Waals surface area contributed by atoms with Gasteiger partial charge in [0.25, 0.3) is 0 Å². The van der Waals surface area contributed by atoms with Gasteiger partial charge in [0, 0.05) is 23.0 Å². The molecule has 0 aromatic heterocycles. The number of ether oxygens (including phenoxy) is 3. The molecule has 0 amide bonds. The van der Waals surface area contributed by atoms with Gasteiger partial charge in [0.05, 0.1) is 6.61 Å². The fourth-order valence-corrected chi connectivity index (χ4v) is 6.86. The fourth-order valence-electron chi connectivity index (χ4n) is 6.86. The molecule has 47 heavy (non-hydrogen) atoms. The van der Waals surface area contributed by atoms with Gasteiger partial charge in [-0.05, 0) is 91.4 Å². The molecule has 1 saturated heterocycles. The van der Waals surface area contributed by atoms with Gasteiger partial charge in [-0.3, -0.25) is 0 Å². The number of aliphatic hydroxyl groups is 1. The van der Waals surface area contributed by atoms with Crippen LogP contribution in [0.4, 0.5) is 0 Å². The van der Waals surface area contributed by atoms with Gasteiger partial charge in [0.2, 0.25) is 0 Å². The molecule has 0 radical (unpaired) electrons. The van der Waals surface area contributed by atoms with Crippen molar-refractivity contribution in [3.8, 4) is 0 Å². The predicted molar refractivity (Wildman–Crippen MR) is 192 cm³/mol. The van der Waals surface area contributed by atoms with E-state index in [0.717, 1.165) is 12.0 Å². The van der Waals surface area contributed by atoms with Crippen molar-refractivity contribution in [1.29, 1.82) is 0 Å². The van der Waals surface area contributed by atoms with Crippen LogP contribution in [0.1, 0.15) is 124 Å². The van der Waals surface area contributed by atoms with Crippen LogP contribution in [0.25, 0.3) is 0 Å². The highest BCUT2D eigenvalue weighted by Gasteiger charge is 2.62. The topological polar surface area (TPSA) is 119 Å². The maximum absolute atomic E-state index is 12.7. The monoisotopic (exact) mass is 667 g/mol. The molecule has 10 atom stereocenters. The summed E-state index contributed by atoms with van der Waals surface area (Å²) in [7, 11) is 0. The number of fused-ring (bicyclic) bond motifs is 2. The SMILES string of the molecule is C/C=C(\C)C(=O)O.C/C=C(\C)C(=O)OC1C(C)C(C)C2CC3COC(C)(C)OC3C(O)(C=O)C(C=C(C)C)C2[C@@H]1C.CC.CC.CC. The van der Waals surface area contributed by atoms with E-state index in [2.05, 4.69) is 20.8 Å². The summed E-state index contributed by atoms with van der Waals surface area (Å²) in [5, 5.41) is 20.2. The lowest BCUT2D eigenvalue weighted by molar-refractivity contribution is -0.320. The van der Waals surface area contributed by atoms with Crippen LogP contribution in [-0.2, 0) is 28.6 Å². The van der Waals surface area contributed by atoms with Crippen LogP contribution < -0.4 is 0 Å². The van der Waals surface area contributed by atoms with Crippen molar-refractivity contribution < 1.29 is 38.8 Å². The summed E-state index contributed by atoms with van der Waals surface area (Å²) >= 11 is 0. The van der Waals surface area contributed by atoms with Crippen LogP contribution >= 0.6 is 0 Å². The van der Waals surface area contributed by atoms with Gasteiger partial charge in [-0.25, -0.2) is 9.59 Å². The second-order valence-corrected chi connectivity index (χ2v) is 13.0. The molecule has 8 nitrogen and oxygen atoms in total. The minimum Gasteiger partial charge on any atom is -0.478 e. The van der Waals surface area contributed by atoms with Crippen molar-refractivity contribution in [3.63, 3.8) is 0 Å². The lowest BCUT2D eigenvalue weighted by Gasteiger charge is -2.52. The van der Waals surface area contributed by atoms with Crippen molar-refractivity contribution in [1.82, 2.24) is 0 Å². The summed E-state index contributed by atoms with van der Waals surface area (Å²) in [4.78, 5) is 35.3. The van der Waals surface area contributed by atoms with E-state index in [1.165, 1.54) is 0 Å². The van der Waals surface area contributed by atoms with Gasteiger partial charge >= 0.3 is 11.9 Å². The van der Waals surface area contributed by atoms with Crippen molar-refractivity contribution in [2.45, 2.75) is 148 Å². The van der Waals surface area contributed by atoms with Crippen LogP contribution in [0, 0.1) is 41.4 Å². The van der Waals surface area contributed by atoms with E-state index in [9.17, 15) is 19.5 Å². The summed E-state index contributed by atoms with van der Waals surface area (Å²) in [6, 6.07) is 0. The Bertz CT molecular complexity index is 1050. The highest BCUT2D eigenvalue weighted by atomic mass is 16.7. The van der Waals surface area contributed by atoms with Crippen LogP contribution in [0.15, 0.2) is 34.9 Å². The molecule has 8 heteroatoms. The third-order valence-electron chi connectivity index (χ3n) is 9.58. The first kappa shape index (κ1) is 46.8. The molecule has 2 aliphatic carbocycles. The number of carboxylic acid groups (broad SMARTS) is 1. The Kier molecular flexibility index (Phi) is 21.6. The maximum Gasteiger partial charge on any atom is 0.333 e. The standard InChI is InChI=1S/C28H44O6.C5H8O2.3C2H6/c1-10-16(4)26(30)33-24-18(6)17(5)21-12-20-13-32-27(8,9)34-25(20)28(31,14-29)22(11-15(2)3)23(21)19(24)7;1-3-4(2)5(6)7;3*1-2/h10-11,14,17-25,31H,12-13H2,1-9H3;3H,1-2H3,(H,6,7);3*1-2H3/b16-10+;4-3+;;;/t17?,18?,19-,20?,21?,22?,23?,24?,25?,28?;;;;/m0..../s1. The number of carbonyl (C=O) groups is 3. The zero-order chi connectivity index (χ0) is 37.4. The van der Waals surface area contributed by atoms with E-state index in [-0.39, 0.29) is 47.6 Å². The molecule has 0 aromatic carbocycles. The summed E-state index contributed by atoms with van der Waals surface area (Å²) in [6.07, 6.45) is 5.87. The minimum absolute atomic E-state index is 0.0500. The Morgan fingerprint density at radius 1 is 0.851 bits per heavy atom. The summed E-state index contributed by atoms with van der Waals surface area (Å²) in [5.41, 5.74) is 0.301. The second kappa shape index (κ2) is 21.6. The van der Waals surface area contributed by atoms with Crippen LogP contribution in [0.3, 0.4) is 0 Å². The first-order valence-electron chi connectivity index (χ1n) is 17.8. The van der Waals surface area contributed by atoms with Gasteiger partial charge in [-0.1, -0.05) is 86.1 Å². The number of hydrogen-bond donors (Lipinski definition) is 2. The molecule has 274 valence electrons. The van der Waals surface area contributed by atoms with Gasteiger partial charge in [0.1, 0.15) is 12.2 Å². The molecular weight excluding hydrogens is 596 g/mol. The van der Waals surface area contributed by atoms with E-state index >= 15 is 0 Å².